The zero-order valence-electron chi connectivity index (χ0n) is 11.7. The Morgan fingerprint density at radius 2 is 1.94 bits per heavy atom. The molecule has 5 nitrogen and oxygen atoms in total. The van der Waals surface area contributed by atoms with Gasteiger partial charge in [0.2, 0.25) is 0 Å². The molecule has 18 heavy (non-hydrogen) atoms. The normalized spacial score (nSPS) is 22.4. The minimum absolute atomic E-state index is 0.00127. The van der Waals surface area contributed by atoms with Gasteiger partial charge < -0.3 is 15.3 Å². The zero-order chi connectivity index (χ0) is 13.9. The van der Waals surface area contributed by atoms with Crippen LogP contribution in [0.4, 0.5) is 4.79 Å². The average molecular weight is 256 g/mol. The summed E-state index contributed by atoms with van der Waals surface area (Å²) in [6.07, 6.45) is 2.29. The van der Waals surface area contributed by atoms with Crippen molar-refractivity contribution in [2.24, 2.45) is 5.41 Å². The number of nitrogens with zero attached hydrogens (tertiary/aromatic N) is 1. The number of likely N-dealkylation sites (tertiary alicyclic amines) is 1. The van der Waals surface area contributed by atoms with Crippen LogP contribution in [0.2, 0.25) is 0 Å². The first kappa shape index (κ1) is 14.8. The Morgan fingerprint density at radius 1 is 1.33 bits per heavy atom. The van der Waals surface area contributed by atoms with Crippen molar-refractivity contribution in [1.29, 1.82) is 0 Å². The molecule has 1 rings (SSSR count). The van der Waals surface area contributed by atoms with E-state index in [-0.39, 0.29) is 17.5 Å². The molecule has 1 saturated heterocycles. The van der Waals surface area contributed by atoms with Gasteiger partial charge in [0.15, 0.2) is 0 Å². The number of carboxylic acids is 1. The first-order chi connectivity index (χ1) is 8.23. The van der Waals surface area contributed by atoms with Crippen molar-refractivity contribution in [3.63, 3.8) is 0 Å². The lowest BCUT2D eigenvalue weighted by atomic mass is 9.88. The third-order valence-corrected chi connectivity index (χ3v) is 3.69. The van der Waals surface area contributed by atoms with Gasteiger partial charge in [-0.2, -0.15) is 0 Å². The number of carbonyl (C=O) groups is 2. The van der Waals surface area contributed by atoms with Gasteiger partial charge >= 0.3 is 12.0 Å². The first-order valence-corrected chi connectivity index (χ1v) is 6.53. The van der Waals surface area contributed by atoms with Crippen LogP contribution >= 0.6 is 0 Å². The first-order valence-electron chi connectivity index (χ1n) is 6.53. The molecule has 2 unspecified atom stereocenters. The van der Waals surface area contributed by atoms with Crippen LogP contribution in [-0.4, -0.2) is 40.6 Å². The van der Waals surface area contributed by atoms with Gasteiger partial charge in [-0.25, -0.2) is 9.59 Å². The molecule has 1 aliphatic rings. The fourth-order valence-electron chi connectivity index (χ4n) is 1.92. The number of hydrogen-bond donors (Lipinski definition) is 2. The van der Waals surface area contributed by atoms with Crippen molar-refractivity contribution < 1.29 is 14.7 Å². The fraction of sp³-hybridized carbons (Fsp3) is 0.846. The molecule has 0 radical (unpaired) electrons. The van der Waals surface area contributed by atoms with Crippen LogP contribution in [0, 0.1) is 5.41 Å². The fourth-order valence-corrected chi connectivity index (χ4v) is 1.92. The van der Waals surface area contributed by atoms with Crippen LogP contribution in [0.25, 0.3) is 0 Å². The predicted molar refractivity (Wildman–Crippen MR) is 69.4 cm³/mol. The summed E-state index contributed by atoms with van der Waals surface area (Å²) in [4.78, 5) is 24.7. The molecule has 0 saturated carbocycles. The molecule has 1 aliphatic heterocycles. The zero-order valence-corrected chi connectivity index (χ0v) is 11.7. The minimum atomic E-state index is -0.909. The van der Waals surface area contributed by atoms with Gasteiger partial charge in [0.25, 0.3) is 0 Å². The van der Waals surface area contributed by atoms with E-state index in [0.29, 0.717) is 13.0 Å². The third kappa shape index (κ3) is 3.62. The predicted octanol–water partition coefficient (Wildman–Crippen LogP) is 2.07. The Labute approximate surface area is 109 Å². The molecule has 2 amide bonds. The number of amides is 2. The largest absolute Gasteiger partial charge is 0.480 e. The Balaban J connectivity index is 2.67. The quantitative estimate of drug-likeness (QED) is 0.794. The number of rotatable bonds is 2. The van der Waals surface area contributed by atoms with Gasteiger partial charge in [-0.15, -0.1) is 0 Å². The molecule has 104 valence electrons. The van der Waals surface area contributed by atoms with Gasteiger partial charge in [0, 0.05) is 12.6 Å². The Kier molecular flexibility index (Phi) is 4.59. The number of hydrogen-bond acceptors (Lipinski definition) is 2. The van der Waals surface area contributed by atoms with E-state index >= 15 is 0 Å². The summed E-state index contributed by atoms with van der Waals surface area (Å²) < 4.78 is 0. The molecule has 0 bridgehead atoms. The highest BCUT2D eigenvalue weighted by Gasteiger charge is 2.33. The van der Waals surface area contributed by atoms with Crippen LogP contribution in [0.5, 0.6) is 0 Å². The molecule has 0 aromatic heterocycles. The molecule has 5 heteroatoms. The summed E-state index contributed by atoms with van der Waals surface area (Å²) in [6, 6.07) is -0.934. The number of carbonyl (C=O) groups excluding carboxylic acids is 1. The number of piperidine rings is 1. The summed E-state index contributed by atoms with van der Waals surface area (Å²) in [6.45, 7) is 8.60. The van der Waals surface area contributed by atoms with Gasteiger partial charge in [0.1, 0.15) is 6.04 Å². The van der Waals surface area contributed by atoms with E-state index in [2.05, 4.69) is 5.32 Å². The van der Waals surface area contributed by atoms with Crippen molar-refractivity contribution >= 4 is 12.0 Å². The standard InChI is InChI=1S/C13H24N2O3/c1-9(13(2,3)4)14-12(18)15-8-6-5-7-10(15)11(16)17/h9-10H,5-8H2,1-4H3,(H,14,18)(H,16,17). The Morgan fingerprint density at radius 3 is 2.44 bits per heavy atom. The van der Waals surface area contributed by atoms with Crippen LogP contribution in [0.3, 0.4) is 0 Å². The van der Waals surface area contributed by atoms with E-state index in [9.17, 15) is 9.59 Å². The maximum atomic E-state index is 12.1. The molecular weight excluding hydrogens is 232 g/mol. The average Bonchev–Trinajstić information content (AvgIpc) is 2.27. The highest BCUT2D eigenvalue weighted by molar-refractivity contribution is 5.83. The second-order valence-corrected chi connectivity index (χ2v) is 6.08. The maximum absolute atomic E-state index is 12.1. The van der Waals surface area contributed by atoms with Crippen LogP contribution in [0.1, 0.15) is 47.0 Å². The van der Waals surface area contributed by atoms with Crippen molar-refractivity contribution in [2.45, 2.75) is 59.0 Å². The smallest absolute Gasteiger partial charge is 0.326 e. The number of carboxylic acid groups (broad SMARTS) is 1. The minimum Gasteiger partial charge on any atom is -0.480 e. The number of nitrogens with one attached hydrogen (secondary N) is 1. The third-order valence-electron chi connectivity index (χ3n) is 3.69. The molecular formula is C13H24N2O3. The van der Waals surface area contributed by atoms with E-state index < -0.39 is 12.0 Å². The van der Waals surface area contributed by atoms with Gasteiger partial charge in [-0.1, -0.05) is 20.8 Å². The van der Waals surface area contributed by atoms with Crippen LogP contribution < -0.4 is 5.32 Å². The molecule has 0 aromatic carbocycles. The van der Waals surface area contributed by atoms with E-state index in [1.807, 2.05) is 27.7 Å². The maximum Gasteiger partial charge on any atom is 0.326 e. The topological polar surface area (TPSA) is 69.6 Å². The molecule has 1 heterocycles. The summed E-state index contributed by atoms with van der Waals surface area (Å²) in [5.41, 5.74) is -0.0375. The van der Waals surface area contributed by atoms with E-state index in [0.717, 1.165) is 12.8 Å². The van der Waals surface area contributed by atoms with E-state index in [4.69, 9.17) is 5.11 Å². The van der Waals surface area contributed by atoms with Gasteiger partial charge in [-0.05, 0) is 31.6 Å². The van der Waals surface area contributed by atoms with Crippen molar-refractivity contribution in [2.75, 3.05) is 6.54 Å². The summed E-state index contributed by atoms with van der Waals surface area (Å²) in [5.74, 6) is -0.909. The second kappa shape index (κ2) is 5.59. The van der Waals surface area contributed by atoms with Crippen molar-refractivity contribution in [3.05, 3.63) is 0 Å². The second-order valence-electron chi connectivity index (χ2n) is 6.08. The lowest BCUT2D eigenvalue weighted by molar-refractivity contribution is -0.143. The van der Waals surface area contributed by atoms with Crippen molar-refractivity contribution in [1.82, 2.24) is 10.2 Å². The van der Waals surface area contributed by atoms with Crippen LogP contribution in [-0.2, 0) is 4.79 Å². The summed E-state index contributed by atoms with van der Waals surface area (Å²) >= 11 is 0. The monoisotopic (exact) mass is 256 g/mol. The van der Waals surface area contributed by atoms with E-state index in [1.54, 1.807) is 0 Å². The molecule has 2 N–H and O–H groups in total. The van der Waals surface area contributed by atoms with Gasteiger partial charge in [-0.3, -0.25) is 0 Å². The lowest BCUT2D eigenvalue weighted by Gasteiger charge is -2.36. The van der Waals surface area contributed by atoms with E-state index in [1.165, 1.54) is 4.90 Å². The molecule has 0 aromatic rings. The Hall–Kier alpha value is -1.26. The highest BCUT2D eigenvalue weighted by atomic mass is 16.4. The molecule has 0 aliphatic carbocycles. The number of aliphatic carboxylic acids is 1. The molecule has 0 spiro atoms. The summed E-state index contributed by atoms with van der Waals surface area (Å²) in [5, 5.41) is 12.0. The van der Waals surface area contributed by atoms with Crippen LogP contribution in [0.15, 0.2) is 0 Å². The Bertz CT molecular complexity index is 323. The number of urea groups is 1. The molecule has 1 fully saturated rings. The highest BCUT2D eigenvalue weighted by Crippen LogP contribution is 2.21. The van der Waals surface area contributed by atoms with Crippen molar-refractivity contribution in [3.8, 4) is 0 Å². The SMILES string of the molecule is CC(NC(=O)N1CCCCC1C(=O)O)C(C)(C)C. The van der Waals surface area contributed by atoms with Gasteiger partial charge in [0.05, 0.1) is 0 Å². The lowest BCUT2D eigenvalue weighted by Crippen LogP contribution is -2.55. The molecule has 2 atom stereocenters. The summed E-state index contributed by atoms with van der Waals surface area (Å²) in [7, 11) is 0.